The third-order valence-corrected chi connectivity index (χ3v) is 5.57. The molecule has 3 aliphatic rings. The molecule has 0 amide bonds. The lowest BCUT2D eigenvalue weighted by molar-refractivity contribution is -0.0141. The predicted molar refractivity (Wildman–Crippen MR) is 76.1 cm³/mol. The molecule has 0 aromatic heterocycles. The first-order valence-electron chi connectivity index (χ1n) is 8.31. The third kappa shape index (κ3) is 3.50. The quantitative estimate of drug-likeness (QED) is 0.851. The second-order valence-corrected chi connectivity index (χ2v) is 6.88. The van der Waals surface area contributed by atoms with Crippen molar-refractivity contribution in [2.75, 3.05) is 32.8 Å². The first kappa shape index (κ1) is 13.8. The Morgan fingerprint density at radius 3 is 2.47 bits per heavy atom. The van der Waals surface area contributed by atoms with Gasteiger partial charge in [-0.1, -0.05) is 25.7 Å². The summed E-state index contributed by atoms with van der Waals surface area (Å²) < 4.78 is 5.45. The van der Waals surface area contributed by atoms with Crippen LogP contribution in [-0.4, -0.2) is 49.0 Å². The van der Waals surface area contributed by atoms with E-state index in [4.69, 9.17) is 4.74 Å². The van der Waals surface area contributed by atoms with E-state index in [1.54, 1.807) is 0 Å². The highest BCUT2D eigenvalue weighted by molar-refractivity contribution is 4.87. The Balaban J connectivity index is 1.52. The highest BCUT2D eigenvalue weighted by Crippen LogP contribution is 2.36. The Morgan fingerprint density at radius 1 is 1.00 bits per heavy atom. The molecular formula is C16H29NO2. The van der Waals surface area contributed by atoms with Crippen LogP contribution in [0.5, 0.6) is 0 Å². The van der Waals surface area contributed by atoms with Crippen LogP contribution in [0.25, 0.3) is 0 Å². The van der Waals surface area contributed by atoms with Gasteiger partial charge in [-0.15, -0.1) is 0 Å². The summed E-state index contributed by atoms with van der Waals surface area (Å²) in [6.07, 6.45) is 8.89. The summed E-state index contributed by atoms with van der Waals surface area (Å²) in [5, 5.41) is 10.3. The lowest BCUT2D eigenvalue weighted by Crippen LogP contribution is -2.47. The van der Waals surface area contributed by atoms with Crippen molar-refractivity contribution in [3.8, 4) is 0 Å². The lowest BCUT2D eigenvalue weighted by atomic mass is 9.82. The van der Waals surface area contributed by atoms with Gasteiger partial charge in [-0.05, 0) is 31.1 Å². The number of likely N-dealkylation sites (tertiary alicyclic amines) is 1. The summed E-state index contributed by atoms with van der Waals surface area (Å²) in [6, 6.07) is 0. The van der Waals surface area contributed by atoms with Crippen LogP contribution in [0.3, 0.4) is 0 Å². The zero-order valence-electron chi connectivity index (χ0n) is 12.1. The second-order valence-electron chi connectivity index (χ2n) is 6.88. The molecule has 1 saturated carbocycles. The smallest absolute Gasteiger partial charge is 0.0595 e. The van der Waals surface area contributed by atoms with E-state index in [0.717, 1.165) is 44.6 Å². The molecule has 0 aromatic rings. The molecule has 19 heavy (non-hydrogen) atoms. The molecular weight excluding hydrogens is 238 g/mol. The number of rotatable bonds is 3. The first-order valence-corrected chi connectivity index (χ1v) is 8.31. The van der Waals surface area contributed by atoms with Gasteiger partial charge < -0.3 is 14.7 Å². The van der Waals surface area contributed by atoms with Crippen LogP contribution in [0, 0.1) is 17.8 Å². The molecule has 0 spiro atoms. The van der Waals surface area contributed by atoms with E-state index in [-0.39, 0.29) is 6.10 Å². The molecule has 1 aliphatic carbocycles. The Bertz CT molecular complexity index is 272. The molecule has 110 valence electrons. The summed E-state index contributed by atoms with van der Waals surface area (Å²) in [5.74, 6) is 2.18. The summed E-state index contributed by atoms with van der Waals surface area (Å²) in [5.41, 5.74) is 0. The van der Waals surface area contributed by atoms with Gasteiger partial charge in [0.1, 0.15) is 0 Å². The van der Waals surface area contributed by atoms with Crippen LogP contribution in [0.1, 0.15) is 44.9 Å². The molecule has 0 aromatic carbocycles. The van der Waals surface area contributed by atoms with Crippen molar-refractivity contribution >= 4 is 0 Å². The summed E-state index contributed by atoms with van der Waals surface area (Å²) in [6.45, 7) is 5.38. The van der Waals surface area contributed by atoms with Crippen molar-refractivity contribution < 1.29 is 9.84 Å². The maximum atomic E-state index is 10.3. The van der Waals surface area contributed by atoms with E-state index in [0.29, 0.717) is 5.92 Å². The average molecular weight is 267 g/mol. The monoisotopic (exact) mass is 267 g/mol. The van der Waals surface area contributed by atoms with Gasteiger partial charge in [-0.25, -0.2) is 0 Å². The van der Waals surface area contributed by atoms with Gasteiger partial charge in [-0.2, -0.15) is 0 Å². The Labute approximate surface area is 117 Å². The standard InChI is InChI=1S/C16H29NO2/c18-16-5-8-17(11-13-6-9-19-10-7-13)12-15(16)14-3-1-2-4-14/h13-16,18H,1-12H2/t15-,16+/m0/s1. The van der Waals surface area contributed by atoms with Crippen molar-refractivity contribution in [2.24, 2.45) is 17.8 Å². The summed E-state index contributed by atoms with van der Waals surface area (Å²) in [4.78, 5) is 2.63. The predicted octanol–water partition coefficient (Wildman–Crippen LogP) is 2.29. The van der Waals surface area contributed by atoms with Crippen LogP contribution in [0.4, 0.5) is 0 Å². The number of hydrogen-bond donors (Lipinski definition) is 1. The maximum Gasteiger partial charge on any atom is 0.0595 e. The van der Waals surface area contributed by atoms with E-state index < -0.39 is 0 Å². The number of hydrogen-bond acceptors (Lipinski definition) is 3. The maximum absolute atomic E-state index is 10.3. The minimum Gasteiger partial charge on any atom is -0.393 e. The highest BCUT2D eigenvalue weighted by Gasteiger charge is 2.35. The van der Waals surface area contributed by atoms with Crippen molar-refractivity contribution in [2.45, 2.75) is 51.0 Å². The molecule has 3 nitrogen and oxygen atoms in total. The summed E-state index contributed by atoms with van der Waals surface area (Å²) >= 11 is 0. The minimum atomic E-state index is -0.0333. The van der Waals surface area contributed by atoms with E-state index in [1.165, 1.54) is 45.1 Å². The van der Waals surface area contributed by atoms with Gasteiger partial charge in [-0.3, -0.25) is 0 Å². The largest absolute Gasteiger partial charge is 0.393 e. The van der Waals surface area contributed by atoms with Crippen LogP contribution in [0.15, 0.2) is 0 Å². The van der Waals surface area contributed by atoms with Crippen LogP contribution in [-0.2, 0) is 4.74 Å². The SMILES string of the molecule is O[C@@H]1CCN(CC2CCOCC2)C[C@H]1C1CCCC1. The van der Waals surface area contributed by atoms with Crippen molar-refractivity contribution in [3.05, 3.63) is 0 Å². The molecule has 2 heterocycles. The molecule has 0 radical (unpaired) electrons. The topological polar surface area (TPSA) is 32.7 Å². The molecule has 3 heteroatoms. The Morgan fingerprint density at radius 2 is 1.74 bits per heavy atom. The van der Waals surface area contributed by atoms with Crippen molar-refractivity contribution in [1.29, 1.82) is 0 Å². The van der Waals surface area contributed by atoms with Gasteiger partial charge in [0.2, 0.25) is 0 Å². The van der Waals surface area contributed by atoms with Gasteiger partial charge in [0, 0.05) is 38.8 Å². The van der Waals surface area contributed by atoms with E-state index in [9.17, 15) is 5.11 Å². The molecule has 2 aliphatic heterocycles. The lowest BCUT2D eigenvalue weighted by Gasteiger charge is -2.41. The number of piperidine rings is 1. The fourth-order valence-corrected chi connectivity index (χ4v) is 4.35. The van der Waals surface area contributed by atoms with Crippen molar-refractivity contribution in [1.82, 2.24) is 4.90 Å². The van der Waals surface area contributed by atoms with Gasteiger partial charge in [0.15, 0.2) is 0 Å². The number of nitrogens with zero attached hydrogens (tertiary/aromatic N) is 1. The number of ether oxygens (including phenoxy) is 1. The normalized spacial score (nSPS) is 35.8. The molecule has 2 saturated heterocycles. The molecule has 3 rings (SSSR count). The summed E-state index contributed by atoms with van der Waals surface area (Å²) in [7, 11) is 0. The Kier molecular flexibility index (Phi) is 4.78. The van der Waals surface area contributed by atoms with Crippen LogP contribution >= 0.6 is 0 Å². The molecule has 0 unspecified atom stereocenters. The molecule has 2 atom stereocenters. The van der Waals surface area contributed by atoms with E-state index in [1.807, 2.05) is 0 Å². The van der Waals surface area contributed by atoms with Crippen molar-refractivity contribution in [3.63, 3.8) is 0 Å². The highest BCUT2D eigenvalue weighted by atomic mass is 16.5. The van der Waals surface area contributed by atoms with Crippen LogP contribution in [0.2, 0.25) is 0 Å². The van der Waals surface area contributed by atoms with E-state index >= 15 is 0 Å². The van der Waals surface area contributed by atoms with Crippen LogP contribution < -0.4 is 0 Å². The average Bonchev–Trinajstić information content (AvgIpc) is 2.96. The van der Waals surface area contributed by atoms with Gasteiger partial charge in [0.25, 0.3) is 0 Å². The molecule has 1 N–H and O–H groups in total. The fraction of sp³-hybridized carbons (Fsp3) is 1.00. The molecule has 0 bridgehead atoms. The number of aliphatic hydroxyl groups excluding tert-OH is 1. The first-order chi connectivity index (χ1) is 9.33. The zero-order valence-corrected chi connectivity index (χ0v) is 12.1. The van der Waals surface area contributed by atoms with E-state index in [2.05, 4.69) is 4.90 Å². The third-order valence-electron chi connectivity index (χ3n) is 5.57. The fourth-order valence-electron chi connectivity index (χ4n) is 4.35. The second kappa shape index (κ2) is 6.55. The van der Waals surface area contributed by atoms with Gasteiger partial charge in [0.05, 0.1) is 6.10 Å². The minimum absolute atomic E-state index is 0.0333. The Hall–Kier alpha value is -0.120. The number of aliphatic hydroxyl groups is 1. The molecule has 3 fully saturated rings. The zero-order chi connectivity index (χ0) is 13.1. The van der Waals surface area contributed by atoms with Gasteiger partial charge >= 0.3 is 0 Å².